The molecule has 1 aromatic carbocycles. The van der Waals surface area contributed by atoms with Crippen LogP contribution in [0.4, 0.5) is 0 Å². The Labute approximate surface area is 119 Å². The molecule has 0 bridgehead atoms. The molecule has 106 valence electrons. The summed E-state index contributed by atoms with van der Waals surface area (Å²) >= 11 is 5.76. The van der Waals surface area contributed by atoms with E-state index in [0.29, 0.717) is 17.3 Å². The van der Waals surface area contributed by atoms with Gasteiger partial charge in [-0.1, -0.05) is 25.4 Å². The molecule has 5 heteroatoms. The fourth-order valence-corrected chi connectivity index (χ4v) is 1.63. The number of nitrogens with one attached hydrogen (secondary N) is 1. The van der Waals surface area contributed by atoms with Crippen molar-refractivity contribution < 1.29 is 9.53 Å². The highest BCUT2D eigenvalue weighted by Crippen LogP contribution is 2.15. The average molecular weight is 285 g/mol. The second-order valence-electron chi connectivity index (χ2n) is 4.59. The average Bonchev–Trinajstić information content (AvgIpc) is 2.44. The molecule has 0 spiro atoms. The lowest BCUT2D eigenvalue weighted by atomic mass is 9.94. The molecular formula is C14H21ClN2O2. The van der Waals surface area contributed by atoms with Crippen molar-refractivity contribution in [2.24, 2.45) is 5.73 Å². The molecule has 0 aliphatic rings. The van der Waals surface area contributed by atoms with E-state index in [1.165, 1.54) is 0 Å². The van der Waals surface area contributed by atoms with Gasteiger partial charge in [-0.15, -0.1) is 0 Å². The molecule has 3 N–H and O–H groups in total. The van der Waals surface area contributed by atoms with Gasteiger partial charge in [0, 0.05) is 17.1 Å². The number of halogens is 1. The number of nitrogens with two attached hydrogens (primary N) is 1. The monoisotopic (exact) mass is 284 g/mol. The number of hydrogen-bond donors (Lipinski definition) is 2. The Morgan fingerprint density at radius 1 is 1.32 bits per heavy atom. The second kappa shape index (κ2) is 7.36. The van der Waals surface area contributed by atoms with Crippen molar-refractivity contribution in [1.29, 1.82) is 0 Å². The van der Waals surface area contributed by atoms with Crippen LogP contribution >= 0.6 is 11.6 Å². The Hall–Kier alpha value is -1.26. The summed E-state index contributed by atoms with van der Waals surface area (Å²) in [5, 5.41) is 3.43. The maximum absolute atomic E-state index is 11.6. The lowest BCUT2D eigenvalue weighted by molar-refractivity contribution is -0.123. The zero-order valence-electron chi connectivity index (χ0n) is 11.4. The fourth-order valence-electron chi connectivity index (χ4n) is 1.51. The molecule has 1 aromatic rings. The topological polar surface area (TPSA) is 64.3 Å². The Morgan fingerprint density at radius 3 is 2.42 bits per heavy atom. The molecule has 0 saturated carbocycles. The predicted octanol–water partition coefficient (Wildman–Crippen LogP) is 2.35. The first kappa shape index (κ1) is 15.8. The minimum atomic E-state index is -0.337. The zero-order chi connectivity index (χ0) is 14.3. The van der Waals surface area contributed by atoms with Crippen LogP contribution in [0.2, 0.25) is 5.02 Å². The van der Waals surface area contributed by atoms with Crippen LogP contribution in [-0.2, 0) is 4.79 Å². The number of carbonyl (C=O) groups is 1. The predicted molar refractivity (Wildman–Crippen MR) is 77.5 cm³/mol. The quantitative estimate of drug-likeness (QED) is 0.808. The summed E-state index contributed by atoms with van der Waals surface area (Å²) in [6.07, 6.45) is 1.64. The molecule has 0 atom stereocenters. The van der Waals surface area contributed by atoms with Crippen molar-refractivity contribution in [2.45, 2.75) is 32.2 Å². The van der Waals surface area contributed by atoms with Crippen molar-refractivity contribution >= 4 is 17.5 Å². The van der Waals surface area contributed by atoms with E-state index in [-0.39, 0.29) is 18.1 Å². The maximum Gasteiger partial charge on any atom is 0.258 e. The van der Waals surface area contributed by atoms with E-state index in [4.69, 9.17) is 22.1 Å². The molecule has 4 nitrogen and oxygen atoms in total. The van der Waals surface area contributed by atoms with Gasteiger partial charge in [-0.25, -0.2) is 0 Å². The van der Waals surface area contributed by atoms with Crippen molar-refractivity contribution in [3.8, 4) is 5.75 Å². The summed E-state index contributed by atoms with van der Waals surface area (Å²) in [5.74, 6) is 0.441. The van der Waals surface area contributed by atoms with Gasteiger partial charge >= 0.3 is 0 Å². The van der Waals surface area contributed by atoms with Crippen LogP contribution in [0.15, 0.2) is 24.3 Å². The second-order valence-corrected chi connectivity index (χ2v) is 5.03. The molecule has 19 heavy (non-hydrogen) atoms. The van der Waals surface area contributed by atoms with Gasteiger partial charge in [0.25, 0.3) is 5.91 Å². The highest BCUT2D eigenvalue weighted by molar-refractivity contribution is 6.30. The van der Waals surface area contributed by atoms with E-state index >= 15 is 0 Å². The highest BCUT2D eigenvalue weighted by Gasteiger charge is 2.20. The smallest absolute Gasteiger partial charge is 0.258 e. The first-order valence-electron chi connectivity index (χ1n) is 6.43. The third kappa shape index (κ3) is 5.49. The van der Waals surface area contributed by atoms with Crippen LogP contribution in [-0.4, -0.2) is 24.6 Å². The molecule has 0 heterocycles. The van der Waals surface area contributed by atoms with Gasteiger partial charge in [0.15, 0.2) is 6.61 Å². The fraction of sp³-hybridized carbons (Fsp3) is 0.500. The summed E-state index contributed by atoms with van der Waals surface area (Å²) in [7, 11) is 0. The Morgan fingerprint density at radius 2 is 1.89 bits per heavy atom. The Kier molecular flexibility index (Phi) is 6.12. The van der Waals surface area contributed by atoms with E-state index in [1.54, 1.807) is 24.3 Å². The molecule has 0 fully saturated rings. The molecule has 0 unspecified atom stereocenters. The van der Waals surface area contributed by atoms with E-state index in [9.17, 15) is 4.79 Å². The van der Waals surface area contributed by atoms with Crippen LogP contribution in [0, 0.1) is 0 Å². The maximum atomic E-state index is 11.6. The molecule has 0 radical (unpaired) electrons. The van der Waals surface area contributed by atoms with Gasteiger partial charge in [0.05, 0.1) is 0 Å². The first-order valence-corrected chi connectivity index (χ1v) is 6.81. The molecule has 0 saturated heterocycles. The summed E-state index contributed by atoms with van der Waals surface area (Å²) in [6.45, 7) is 4.47. The van der Waals surface area contributed by atoms with Gasteiger partial charge in [-0.05, 0) is 37.1 Å². The van der Waals surface area contributed by atoms with Gasteiger partial charge in [0.1, 0.15) is 5.75 Å². The summed E-state index contributed by atoms with van der Waals surface area (Å²) in [5.41, 5.74) is 5.76. The molecule has 0 aromatic heterocycles. The number of amides is 1. The third-order valence-corrected chi connectivity index (χ3v) is 3.48. The molecule has 1 rings (SSSR count). The number of ether oxygens (including phenoxy) is 1. The minimum absolute atomic E-state index is 0.0227. The number of carbonyl (C=O) groups excluding carboxylic acids is 1. The van der Waals surface area contributed by atoms with E-state index in [1.807, 2.05) is 13.8 Å². The third-order valence-electron chi connectivity index (χ3n) is 3.23. The van der Waals surface area contributed by atoms with Crippen LogP contribution in [0.1, 0.15) is 26.7 Å². The summed E-state index contributed by atoms with van der Waals surface area (Å²) in [4.78, 5) is 11.6. The van der Waals surface area contributed by atoms with Crippen molar-refractivity contribution in [2.75, 3.05) is 13.2 Å². The Balaban J connectivity index is 2.34. The Bertz CT molecular complexity index is 402. The first-order chi connectivity index (χ1) is 8.99. The summed E-state index contributed by atoms with van der Waals surface area (Å²) in [6, 6.07) is 6.88. The van der Waals surface area contributed by atoms with Crippen LogP contribution in [0.3, 0.4) is 0 Å². The molecule has 0 aliphatic carbocycles. The van der Waals surface area contributed by atoms with Gasteiger partial charge < -0.3 is 15.8 Å². The lowest BCUT2D eigenvalue weighted by Gasteiger charge is -2.26. The van der Waals surface area contributed by atoms with Gasteiger partial charge in [0.2, 0.25) is 0 Å². The van der Waals surface area contributed by atoms with Crippen LogP contribution < -0.4 is 15.8 Å². The van der Waals surface area contributed by atoms with Crippen LogP contribution in [0.25, 0.3) is 0 Å². The molecule has 0 aliphatic heterocycles. The largest absolute Gasteiger partial charge is 0.484 e. The number of rotatable bonds is 7. The van der Waals surface area contributed by atoms with E-state index < -0.39 is 0 Å². The minimum Gasteiger partial charge on any atom is -0.484 e. The van der Waals surface area contributed by atoms with Gasteiger partial charge in [-0.2, -0.15) is 0 Å². The number of benzene rings is 1. The molecule has 1 amide bonds. The molecular weight excluding hydrogens is 264 g/mol. The number of hydrogen-bond acceptors (Lipinski definition) is 3. The van der Waals surface area contributed by atoms with E-state index in [0.717, 1.165) is 12.8 Å². The highest BCUT2D eigenvalue weighted by atomic mass is 35.5. The van der Waals surface area contributed by atoms with Crippen molar-refractivity contribution in [3.05, 3.63) is 29.3 Å². The van der Waals surface area contributed by atoms with Gasteiger partial charge in [-0.3, -0.25) is 4.79 Å². The van der Waals surface area contributed by atoms with E-state index in [2.05, 4.69) is 5.32 Å². The normalized spacial score (nSPS) is 11.2. The standard InChI is InChI=1S/C14H21ClN2O2/c1-3-14(16,4-2)10-17-13(18)9-19-12-7-5-11(15)6-8-12/h5-8H,3-4,9-10,16H2,1-2H3,(H,17,18). The SMILES string of the molecule is CCC(N)(CC)CNC(=O)COc1ccc(Cl)cc1. The van der Waals surface area contributed by atoms with Crippen molar-refractivity contribution in [1.82, 2.24) is 5.32 Å². The zero-order valence-corrected chi connectivity index (χ0v) is 12.2. The summed E-state index contributed by atoms with van der Waals surface area (Å²) < 4.78 is 5.34. The van der Waals surface area contributed by atoms with Crippen molar-refractivity contribution in [3.63, 3.8) is 0 Å². The lowest BCUT2D eigenvalue weighted by Crippen LogP contribution is -2.50. The van der Waals surface area contributed by atoms with Crippen LogP contribution in [0.5, 0.6) is 5.75 Å².